The number of rotatable bonds is 1. The van der Waals surface area contributed by atoms with Crippen molar-refractivity contribution < 1.29 is 0 Å². The minimum atomic E-state index is 0.134. The molecule has 2 rings (SSSR count). The Bertz CT molecular complexity index is 478. The molecule has 0 aromatic heterocycles. The average Bonchev–Trinajstić information content (AvgIpc) is 2.47. The van der Waals surface area contributed by atoms with Crippen LogP contribution in [-0.2, 0) is 0 Å². The smallest absolute Gasteiger partial charge is 0.0444 e. The number of nitrogens with zero attached hydrogens (tertiary/aromatic N) is 2. The van der Waals surface area contributed by atoms with Crippen LogP contribution in [0.5, 0.6) is 0 Å². The lowest BCUT2D eigenvalue weighted by Crippen LogP contribution is -2.42. The van der Waals surface area contributed by atoms with E-state index in [1.165, 1.54) is 11.3 Å². The number of benzene rings is 1. The summed E-state index contributed by atoms with van der Waals surface area (Å²) in [5, 5.41) is 0. The van der Waals surface area contributed by atoms with Crippen molar-refractivity contribution in [3.63, 3.8) is 0 Å². The van der Waals surface area contributed by atoms with Crippen LogP contribution < -0.4 is 4.90 Å². The Kier molecular flexibility index (Phi) is 3.55. The van der Waals surface area contributed by atoms with Gasteiger partial charge in [-0.05, 0) is 45.4 Å². The van der Waals surface area contributed by atoms with Crippen LogP contribution in [0.25, 0.3) is 6.08 Å². The SMILES string of the molecule is CC=NC1=Cc2ccccc2N(C(C)(C)C)CC1. The van der Waals surface area contributed by atoms with Crippen molar-refractivity contribution in [3.05, 3.63) is 35.5 Å². The summed E-state index contributed by atoms with van der Waals surface area (Å²) in [7, 11) is 0. The molecule has 0 N–H and O–H groups in total. The van der Waals surface area contributed by atoms with Crippen molar-refractivity contribution in [2.75, 3.05) is 11.4 Å². The Morgan fingerprint density at radius 1 is 1.22 bits per heavy atom. The van der Waals surface area contributed by atoms with E-state index in [4.69, 9.17) is 0 Å². The number of para-hydroxylation sites is 1. The summed E-state index contributed by atoms with van der Waals surface area (Å²) in [6, 6.07) is 8.58. The fourth-order valence-electron chi connectivity index (χ4n) is 2.42. The third kappa shape index (κ3) is 2.63. The van der Waals surface area contributed by atoms with Gasteiger partial charge in [0.2, 0.25) is 0 Å². The quantitative estimate of drug-likeness (QED) is 0.676. The number of hydrogen-bond donors (Lipinski definition) is 0. The van der Waals surface area contributed by atoms with Crippen LogP contribution in [0.15, 0.2) is 35.0 Å². The molecule has 0 bridgehead atoms. The van der Waals surface area contributed by atoms with E-state index < -0.39 is 0 Å². The molecular formula is C16H22N2. The first-order chi connectivity index (χ1) is 8.52. The van der Waals surface area contributed by atoms with Gasteiger partial charge in [0, 0.05) is 36.1 Å². The Labute approximate surface area is 110 Å². The largest absolute Gasteiger partial charge is 0.366 e. The van der Waals surface area contributed by atoms with E-state index in [2.05, 4.69) is 61.0 Å². The van der Waals surface area contributed by atoms with E-state index >= 15 is 0 Å². The molecule has 0 fully saturated rings. The van der Waals surface area contributed by atoms with Crippen LogP contribution in [0.3, 0.4) is 0 Å². The van der Waals surface area contributed by atoms with Crippen molar-refractivity contribution in [1.82, 2.24) is 0 Å². The van der Waals surface area contributed by atoms with Gasteiger partial charge in [0.05, 0.1) is 0 Å². The molecule has 1 aliphatic rings. The van der Waals surface area contributed by atoms with Gasteiger partial charge in [-0.2, -0.15) is 0 Å². The lowest BCUT2D eigenvalue weighted by molar-refractivity contribution is 0.504. The maximum absolute atomic E-state index is 4.47. The fraction of sp³-hybridized carbons (Fsp3) is 0.438. The van der Waals surface area contributed by atoms with E-state index in [1.807, 2.05) is 13.1 Å². The molecule has 96 valence electrons. The van der Waals surface area contributed by atoms with Crippen molar-refractivity contribution in [2.45, 2.75) is 39.7 Å². The lowest BCUT2D eigenvalue weighted by Gasteiger charge is -2.38. The molecule has 1 heterocycles. The Morgan fingerprint density at radius 2 is 1.94 bits per heavy atom. The summed E-state index contributed by atoms with van der Waals surface area (Å²) < 4.78 is 0. The Morgan fingerprint density at radius 3 is 2.61 bits per heavy atom. The standard InChI is InChI=1S/C16H22N2/c1-5-17-14-10-11-18(16(2,3)4)15-9-7-6-8-13(15)12-14/h5-9,12H,10-11H2,1-4H3. The highest BCUT2D eigenvalue weighted by Gasteiger charge is 2.24. The zero-order chi connectivity index (χ0) is 13.2. The minimum Gasteiger partial charge on any atom is -0.366 e. The Balaban J connectivity index is 2.47. The molecule has 0 saturated heterocycles. The Hall–Kier alpha value is -1.57. The average molecular weight is 242 g/mol. The maximum Gasteiger partial charge on any atom is 0.0444 e. The van der Waals surface area contributed by atoms with Gasteiger partial charge >= 0.3 is 0 Å². The molecule has 1 aliphatic heterocycles. The summed E-state index contributed by atoms with van der Waals surface area (Å²) in [5.41, 5.74) is 3.88. The van der Waals surface area contributed by atoms with E-state index in [0.29, 0.717) is 0 Å². The van der Waals surface area contributed by atoms with Crippen LogP contribution in [0.4, 0.5) is 5.69 Å². The molecule has 18 heavy (non-hydrogen) atoms. The van der Waals surface area contributed by atoms with Gasteiger partial charge in [-0.25, -0.2) is 0 Å². The first-order valence-corrected chi connectivity index (χ1v) is 6.58. The molecule has 0 saturated carbocycles. The normalized spacial score (nSPS) is 16.4. The summed E-state index contributed by atoms with van der Waals surface area (Å²) in [6.45, 7) is 9.77. The molecule has 2 nitrogen and oxygen atoms in total. The topological polar surface area (TPSA) is 15.6 Å². The van der Waals surface area contributed by atoms with Crippen LogP contribution in [0, 0.1) is 0 Å². The summed E-state index contributed by atoms with van der Waals surface area (Å²) in [6.07, 6.45) is 5.08. The van der Waals surface area contributed by atoms with Gasteiger partial charge in [-0.1, -0.05) is 18.2 Å². The van der Waals surface area contributed by atoms with Gasteiger partial charge in [0.25, 0.3) is 0 Å². The molecule has 1 aromatic carbocycles. The van der Waals surface area contributed by atoms with Crippen molar-refractivity contribution in [2.24, 2.45) is 4.99 Å². The summed E-state index contributed by atoms with van der Waals surface area (Å²) in [4.78, 5) is 6.94. The second kappa shape index (κ2) is 4.97. The third-order valence-corrected chi connectivity index (χ3v) is 3.25. The van der Waals surface area contributed by atoms with Crippen LogP contribution >= 0.6 is 0 Å². The first kappa shape index (κ1) is 12.9. The van der Waals surface area contributed by atoms with E-state index in [9.17, 15) is 0 Å². The molecule has 2 heteroatoms. The van der Waals surface area contributed by atoms with Gasteiger partial charge in [-0.15, -0.1) is 0 Å². The highest BCUT2D eigenvalue weighted by Crippen LogP contribution is 2.32. The van der Waals surface area contributed by atoms with Crippen molar-refractivity contribution in [3.8, 4) is 0 Å². The predicted molar refractivity (Wildman–Crippen MR) is 80.3 cm³/mol. The van der Waals surface area contributed by atoms with Gasteiger partial charge < -0.3 is 4.90 Å². The minimum absolute atomic E-state index is 0.134. The highest BCUT2D eigenvalue weighted by molar-refractivity contribution is 5.72. The monoisotopic (exact) mass is 242 g/mol. The summed E-state index contributed by atoms with van der Waals surface area (Å²) >= 11 is 0. The summed E-state index contributed by atoms with van der Waals surface area (Å²) in [5.74, 6) is 0. The molecule has 0 atom stereocenters. The number of fused-ring (bicyclic) bond motifs is 1. The zero-order valence-electron chi connectivity index (χ0n) is 11.8. The van der Waals surface area contributed by atoms with E-state index in [-0.39, 0.29) is 5.54 Å². The molecule has 0 unspecified atom stereocenters. The van der Waals surface area contributed by atoms with Gasteiger partial charge in [0.1, 0.15) is 0 Å². The molecular weight excluding hydrogens is 220 g/mol. The lowest BCUT2D eigenvalue weighted by atomic mass is 10.0. The molecule has 0 amide bonds. The van der Waals surface area contributed by atoms with E-state index in [0.717, 1.165) is 18.7 Å². The van der Waals surface area contributed by atoms with Crippen molar-refractivity contribution >= 4 is 18.0 Å². The second-order valence-corrected chi connectivity index (χ2v) is 5.65. The highest BCUT2D eigenvalue weighted by atomic mass is 15.2. The van der Waals surface area contributed by atoms with Crippen LogP contribution in [-0.4, -0.2) is 18.3 Å². The van der Waals surface area contributed by atoms with E-state index in [1.54, 1.807) is 0 Å². The first-order valence-electron chi connectivity index (χ1n) is 6.58. The zero-order valence-corrected chi connectivity index (χ0v) is 11.8. The van der Waals surface area contributed by atoms with Crippen LogP contribution in [0.1, 0.15) is 39.7 Å². The fourth-order valence-corrected chi connectivity index (χ4v) is 2.42. The number of anilines is 1. The third-order valence-electron chi connectivity index (χ3n) is 3.25. The van der Waals surface area contributed by atoms with Gasteiger partial charge in [-0.3, -0.25) is 4.99 Å². The molecule has 0 aliphatic carbocycles. The van der Waals surface area contributed by atoms with Gasteiger partial charge in [0.15, 0.2) is 0 Å². The molecule has 1 aromatic rings. The molecule has 0 radical (unpaired) electrons. The second-order valence-electron chi connectivity index (χ2n) is 5.65. The van der Waals surface area contributed by atoms with Crippen LogP contribution in [0.2, 0.25) is 0 Å². The number of aliphatic imine (C=N–C) groups is 1. The molecule has 0 spiro atoms. The number of hydrogen-bond acceptors (Lipinski definition) is 2. The maximum atomic E-state index is 4.47. The van der Waals surface area contributed by atoms with Crippen molar-refractivity contribution in [1.29, 1.82) is 0 Å². The predicted octanol–water partition coefficient (Wildman–Crippen LogP) is 4.13.